The Labute approximate surface area is 162 Å². The van der Waals surface area contributed by atoms with E-state index < -0.39 is 0 Å². The van der Waals surface area contributed by atoms with Crippen molar-refractivity contribution >= 4 is 17.5 Å². The average molecular weight is 371 g/mol. The number of hydrogen-bond acceptors (Lipinski definition) is 3. The van der Waals surface area contributed by atoms with Gasteiger partial charge in [0, 0.05) is 24.3 Å². The van der Waals surface area contributed by atoms with Crippen LogP contribution in [-0.2, 0) is 16.1 Å². The van der Waals surface area contributed by atoms with E-state index >= 15 is 0 Å². The molecule has 1 aromatic rings. The molecule has 5 nitrogen and oxygen atoms in total. The molecule has 0 bridgehead atoms. The number of hydrogen-bond donors (Lipinski definition) is 1. The lowest BCUT2D eigenvalue weighted by Gasteiger charge is -2.31. The Morgan fingerprint density at radius 2 is 1.56 bits per heavy atom. The molecule has 0 spiro atoms. The summed E-state index contributed by atoms with van der Waals surface area (Å²) in [7, 11) is 2.09. The average Bonchev–Trinajstić information content (AvgIpc) is 2.94. The van der Waals surface area contributed by atoms with Crippen molar-refractivity contribution in [3.05, 3.63) is 29.8 Å². The van der Waals surface area contributed by atoms with Crippen LogP contribution in [0.4, 0.5) is 5.69 Å². The van der Waals surface area contributed by atoms with Gasteiger partial charge in [-0.15, -0.1) is 0 Å². The van der Waals surface area contributed by atoms with Gasteiger partial charge in [0.15, 0.2) is 6.67 Å². The first-order valence-electron chi connectivity index (χ1n) is 10.6. The maximum absolute atomic E-state index is 12.7. The number of nitrogens with one attached hydrogen (secondary N) is 1. The van der Waals surface area contributed by atoms with Gasteiger partial charge in [0.05, 0.1) is 18.9 Å². The van der Waals surface area contributed by atoms with Gasteiger partial charge in [-0.05, 0) is 38.2 Å². The molecule has 1 N–H and O–H groups in total. The molecular formula is C22H32N3O2+. The maximum Gasteiger partial charge on any atom is 0.237 e. The second kappa shape index (κ2) is 8.01. The Kier molecular flexibility index (Phi) is 5.48. The van der Waals surface area contributed by atoms with Crippen LogP contribution in [0.1, 0.15) is 50.5 Å². The van der Waals surface area contributed by atoms with E-state index in [0.717, 1.165) is 45.3 Å². The van der Waals surface area contributed by atoms with Crippen molar-refractivity contribution in [3.63, 3.8) is 0 Å². The first-order valence-corrected chi connectivity index (χ1v) is 10.6. The number of quaternary nitrogens is 1. The van der Waals surface area contributed by atoms with Gasteiger partial charge in [-0.2, -0.15) is 0 Å². The van der Waals surface area contributed by atoms with Crippen LogP contribution in [0.3, 0.4) is 0 Å². The molecule has 27 heavy (non-hydrogen) atoms. The van der Waals surface area contributed by atoms with E-state index in [1.165, 1.54) is 35.4 Å². The number of para-hydroxylation sites is 1. The molecule has 146 valence electrons. The molecule has 5 heteroatoms. The second-order valence-corrected chi connectivity index (χ2v) is 8.57. The lowest BCUT2D eigenvalue weighted by atomic mass is 9.81. The summed E-state index contributed by atoms with van der Waals surface area (Å²) in [6.07, 6.45) is 7.80. The topological polar surface area (TPSA) is 45.1 Å². The third-order valence-corrected chi connectivity index (χ3v) is 6.54. The highest BCUT2D eigenvalue weighted by Crippen LogP contribution is 2.37. The largest absolute Gasteiger partial charge is 0.371 e. The first kappa shape index (κ1) is 18.5. The van der Waals surface area contributed by atoms with Crippen LogP contribution in [0.2, 0.25) is 0 Å². The van der Waals surface area contributed by atoms with Gasteiger partial charge in [0.2, 0.25) is 11.8 Å². The Bertz CT molecular complexity index is 675. The van der Waals surface area contributed by atoms with Gasteiger partial charge in [0.25, 0.3) is 0 Å². The zero-order valence-corrected chi connectivity index (χ0v) is 16.5. The number of imide groups is 1. The van der Waals surface area contributed by atoms with Crippen LogP contribution < -0.4 is 9.80 Å². The fourth-order valence-corrected chi connectivity index (χ4v) is 5.14. The highest BCUT2D eigenvalue weighted by atomic mass is 16.2. The summed E-state index contributed by atoms with van der Waals surface area (Å²) >= 11 is 0. The fourth-order valence-electron chi connectivity index (χ4n) is 5.14. The summed E-state index contributed by atoms with van der Waals surface area (Å²) in [5.74, 6) is 0.0705. The predicted molar refractivity (Wildman–Crippen MR) is 105 cm³/mol. The molecule has 0 radical (unpaired) electrons. The number of amides is 2. The highest BCUT2D eigenvalue weighted by Gasteiger charge is 2.49. The number of carbonyl (C=O) groups is 2. The molecule has 0 aromatic heterocycles. The van der Waals surface area contributed by atoms with E-state index in [1.54, 1.807) is 4.90 Å². The van der Waals surface area contributed by atoms with Gasteiger partial charge in [-0.3, -0.25) is 9.59 Å². The monoisotopic (exact) mass is 370 g/mol. The molecule has 1 aromatic carbocycles. The van der Waals surface area contributed by atoms with Crippen LogP contribution >= 0.6 is 0 Å². The zero-order valence-electron chi connectivity index (χ0n) is 16.5. The van der Waals surface area contributed by atoms with Gasteiger partial charge in [-0.1, -0.05) is 31.0 Å². The number of rotatable bonds is 5. The molecular weight excluding hydrogens is 338 g/mol. The third kappa shape index (κ3) is 3.75. The number of benzene rings is 1. The summed E-state index contributed by atoms with van der Waals surface area (Å²) < 4.78 is 0. The third-order valence-electron chi connectivity index (χ3n) is 6.54. The van der Waals surface area contributed by atoms with Crippen molar-refractivity contribution in [2.24, 2.45) is 11.8 Å². The van der Waals surface area contributed by atoms with Crippen LogP contribution in [0.25, 0.3) is 0 Å². The normalized spacial score (nSPS) is 27.0. The fraction of sp³-hybridized carbons (Fsp3) is 0.636. The summed E-state index contributed by atoms with van der Waals surface area (Å²) in [5.41, 5.74) is 2.64. The highest BCUT2D eigenvalue weighted by molar-refractivity contribution is 6.05. The minimum absolute atomic E-state index is 0.0420. The number of nitrogens with zero attached hydrogens (tertiary/aromatic N) is 2. The van der Waals surface area contributed by atoms with E-state index in [0.29, 0.717) is 6.67 Å². The SMILES string of the molecule is C[NH+](Cc1ccccc1N1CCCCC1)CN1C(=O)[C@H]2CCCC[C@H]2C1=O. The zero-order chi connectivity index (χ0) is 18.8. The van der Waals surface area contributed by atoms with Crippen molar-refractivity contribution in [3.8, 4) is 0 Å². The standard InChI is InChI=1S/C22H31N3O2/c1-23(16-25-21(26)18-10-4-5-11-19(18)22(25)27)15-17-9-3-6-12-20(17)24-13-7-2-8-14-24/h3,6,9,12,18-19H,2,4-5,7-8,10-11,13-16H2,1H3/p+1/t18-,19+. The van der Waals surface area contributed by atoms with Crippen molar-refractivity contribution in [1.29, 1.82) is 0 Å². The van der Waals surface area contributed by atoms with Gasteiger partial charge in [-0.25, -0.2) is 4.90 Å². The maximum atomic E-state index is 12.7. The molecule has 3 fully saturated rings. The molecule has 1 aliphatic carbocycles. The van der Waals surface area contributed by atoms with Crippen LogP contribution in [-0.4, -0.2) is 43.5 Å². The number of likely N-dealkylation sites (tertiary alicyclic amines) is 1. The van der Waals surface area contributed by atoms with E-state index in [9.17, 15) is 9.59 Å². The van der Waals surface area contributed by atoms with Crippen LogP contribution in [0, 0.1) is 11.8 Å². The lowest BCUT2D eigenvalue weighted by molar-refractivity contribution is -0.901. The van der Waals surface area contributed by atoms with Gasteiger partial charge in [0.1, 0.15) is 6.54 Å². The van der Waals surface area contributed by atoms with Crippen molar-refractivity contribution in [1.82, 2.24) is 4.90 Å². The summed E-state index contributed by atoms with van der Waals surface area (Å²) in [6.45, 7) is 3.57. The molecule has 1 unspecified atom stereocenters. The number of fused-ring (bicyclic) bond motifs is 1. The molecule has 3 atom stereocenters. The van der Waals surface area contributed by atoms with Crippen molar-refractivity contribution < 1.29 is 14.5 Å². The lowest BCUT2D eigenvalue weighted by Crippen LogP contribution is -3.09. The molecule has 3 aliphatic rings. The summed E-state index contributed by atoms with van der Waals surface area (Å²) in [5, 5.41) is 0. The minimum Gasteiger partial charge on any atom is -0.371 e. The molecule has 2 saturated heterocycles. The second-order valence-electron chi connectivity index (χ2n) is 8.57. The Hall–Kier alpha value is -1.88. The molecule has 4 rings (SSSR count). The van der Waals surface area contributed by atoms with Gasteiger partial charge < -0.3 is 9.80 Å². The number of piperidine rings is 1. The van der Waals surface area contributed by atoms with E-state index in [1.807, 2.05) is 0 Å². The smallest absolute Gasteiger partial charge is 0.237 e. The Morgan fingerprint density at radius 3 is 2.22 bits per heavy atom. The molecule has 1 saturated carbocycles. The van der Waals surface area contributed by atoms with E-state index in [2.05, 4.69) is 36.2 Å². The molecule has 2 amide bonds. The number of carbonyl (C=O) groups excluding carboxylic acids is 2. The molecule has 2 aliphatic heterocycles. The molecule has 2 heterocycles. The first-order chi connectivity index (χ1) is 13.1. The van der Waals surface area contributed by atoms with Crippen LogP contribution in [0.5, 0.6) is 0 Å². The van der Waals surface area contributed by atoms with E-state index in [4.69, 9.17) is 0 Å². The summed E-state index contributed by atoms with van der Waals surface area (Å²) in [4.78, 5) is 30.7. The quantitative estimate of drug-likeness (QED) is 0.805. The Morgan fingerprint density at radius 1 is 0.926 bits per heavy atom. The van der Waals surface area contributed by atoms with Crippen molar-refractivity contribution in [2.75, 3.05) is 31.7 Å². The van der Waals surface area contributed by atoms with E-state index in [-0.39, 0.29) is 23.7 Å². The summed E-state index contributed by atoms with van der Waals surface area (Å²) in [6, 6.07) is 8.62. The van der Waals surface area contributed by atoms with Gasteiger partial charge >= 0.3 is 0 Å². The number of anilines is 1. The Balaban J connectivity index is 1.43. The van der Waals surface area contributed by atoms with Crippen molar-refractivity contribution in [2.45, 2.75) is 51.5 Å². The predicted octanol–water partition coefficient (Wildman–Crippen LogP) is 1.82. The van der Waals surface area contributed by atoms with Crippen LogP contribution in [0.15, 0.2) is 24.3 Å². The minimum atomic E-state index is -0.0420.